The molecule has 3 heteroatoms. The third kappa shape index (κ3) is 2.44. The molecular weight excluding hydrogens is 166 g/mol. The molecular formula is C10H15NO2. The van der Waals surface area contributed by atoms with Crippen LogP contribution >= 0.6 is 0 Å². The third-order valence-electron chi connectivity index (χ3n) is 2.10. The van der Waals surface area contributed by atoms with E-state index in [0.29, 0.717) is 6.42 Å². The molecule has 0 fully saturated rings. The Bertz CT molecular complexity index is 286. The lowest BCUT2D eigenvalue weighted by atomic mass is 10.0. The topological polar surface area (TPSA) is 66.5 Å². The zero-order valence-corrected chi connectivity index (χ0v) is 7.70. The second-order valence-electron chi connectivity index (χ2n) is 3.16. The van der Waals surface area contributed by atoms with Crippen LogP contribution < -0.4 is 5.73 Å². The van der Waals surface area contributed by atoms with Gasteiger partial charge in [0.25, 0.3) is 0 Å². The van der Waals surface area contributed by atoms with Crippen molar-refractivity contribution in [2.24, 2.45) is 5.73 Å². The second kappa shape index (κ2) is 4.25. The summed E-state index contributed by atoms with van der Waals surface area (Å²) < 4.78 is 0. The highest BCUT2D eigenvalue weighted by molar-refractivity contribution is 5.36. The van der Waals surface area contributed by atoms with Crippen molar-refractivity contribution in [3.63, 3.8) is 0 Å². The molecule has 13 heavy (non-hydrogen) atoms. The van der Waals surface area contributed by atoms with E-state index in [1.54, 1.807) is 6.07 Å². The second-order valence-corrected chi connectivity index (χ2v) is 3.16. The summed E-state index contributed by atoms with van der Waals surface area (Å²) in [6.45, 7) is 1.90. The van der Waals surface area contributed by atoms with Gasteiger partial charge >= 0.3 is 0 Å². The molecule has 0 unspecified atom stereocenters. The monoisotopic (exact) mass is 181 g/mol. The van der Waals surface area contributed by atoms with Crippen molar-refractivity contribution in [3.05, 3.63) is 29.3 Å². The zero-order chi connectivity index (χ0) is 9.84. The number of aliphatic hydroxyl groups excluding tert-OH is 1. The van der Waals surface area contributed by atoms with Gasteiger partial charge in [-0.15, -0.1) is 0 Å². The van der Waals surface area contributed by atoms with Crippen LogP contribution in [0.3, 0.4) is 0 Å². The number of phenolic OH excluding ortho intramolecular Hbond substituents is 1. The first-order valence-corrected chi connectivity index (χ1v) is 4.31. The minimum atomic E-state index is -0.198. The van der Waals surface area contributed by atoms with Crippen molar-refractivity contribution in [1.82, 2.24) is 0 Å². The molecule has 1 aromatic carbocycles. The van der Waals surface area contributed by atoms with E-state index in [0.717, 1.165) is 11.1 Å². The van der Waals surface area contributed by atoms with Crippen LogP contribution in [0.1, 0.15) is 23.6 Å². The van der Waals surface area contributed by atoms with Gasteiger partial charge in [-0.3, -0.25) is 0 Å². The Balaban J connectivity index is 2.84. The molecule has 0 spiro atoms. The Kier molecular flexibility index (Phi) is 3.28. The van der Waals surface area contributed by atoms with Crippen molar-refractivity contribution in [2.45, 2.75) is 19.4 Å². The van der Waals surface area contributed by atoms with Gasteiger partial charge in [0.15, 0.2) is 0 Å². The molecule has 4 N–H and O–H groups in total. The summed E-state index contributed by atoms with van der Waals surface area (Å²) in [4.78, 5) is 0. The quantitative estimate of drug-likeness (QED) is 0.653. The van der Waals surface area contributed by atoms with Crippen LogP contribution in [-0.4, -0.2) is 16.8 Å². The Morgan fingerprint density at radius 2 is 2.15 bits per heavy atom. The first-order chi connectivity index (χ1) is 6.15. The normalized spacial score (nSPS) is 12.8. The molecule has 72 valence electrons. The lowest BCUT2D eigenvalue weighted by molar-refractivity contribution is 0.276. The lowest BCUT2D eigenvalue weighted by Crippen LogP contribution is -2.11. The maximum absolute atomic E-state index is 9.40. The van der Waals surface area contributed by atoms with Gasteiger partial charge in [-0.1, -0.05) is 12.1 Å². The number of aliphatic hydroxyl groups is 1. The van der Waals surface area contributed by atoms with Gasteiger partial charge in [-0.2, -0.15) is 0 Å². The number of aromatic hydroxyl groups is 1. The minimum absolute atomic E-state index is 0.0653. The van der Waals surface area contributed by atoms with E-state index < -0.39 is 0 Å². The van der Waals surface area contributed by atoms with E-state index >= 15 is 0 Å². The molecule has 3 nitrogen and oxygen atoms in total. The van der Waals surface area contributed by atoms with E-state index in [4.69, 9.17) is 10.8 Å². The predicted molar refractivity (Wildman–Crippen MR) is 51.5 cm³/mol. The summed E-state index contributed by atoms with van der Waals surface area (Å²) in [6.07, 6.45) is 0.516. The van der Waals surface area contributed by atoms with E-state index in [-0.39, 0.29) is 18.4 Å². The van der Waals surface area contributed by atoms with Crippen LogP contribution in [0.5, 0.6) is 5.75 Å². The van der Waals surface area contributed by atoms with E-state index in [1.807, 2.05) is 19.1 Å². The maximum Gasteiger partial charge on any atom is 0.118 e. The van der Waals surface area contributed by atoms with Gasteiger partial charge in [0.1, 0.15) is 5.75 Å². The molecule has 0 heterocycles. The Morgan fingerprint density at radius 1 is 1.46 bits per heavy atom. The third-order valence-corrected chi connectivity index (χ3v) is 2.10. The fourth-order valence-corrected chi connectivity index (χ4v) is 1.16. The minimum Gasteiger partial charge on any atom is -0.508 e. The largest absolute Gasteiger partial charge is 0.508 e. The number of phenols is 1. The van der Waals surface area contributed by atoms with E-state index in [1.165, 1.54) is 0 Å². The smallest absolute Gasteiger partial charge is 0.118 e. The number of aryl methyl sites for hydroxylation is 1. The van der Waals surface area contributed by atoms with Crippen molar-refractivity contribution in [3.8, 4) is 5.75 Å². The number of nitrogens with two attached hydrogens (primary N) is 1. The average Bonchev–Trinajstić information content (AvgIpc) is 2.10. The van der Waals surface area contributed by atoms with Crippen molar-refractivity contribution < 1.29 is 10.2 Å². The summed E-state index contributed by atoms with van der Waals surface area (Å²) in [5.74, 6) is 0.255. The number of rotatable bonds is 3. The van der Waals surface area contributed by atoms with Crippen LogP contribution in [0.25, 0.3) is 0 Å². The Morgan fingerprint density at radius 3 is 2.69 bits per heavy atom. The fraction of sp³-hybridized carbons (Fsp3) is 0.400. The van der Waals surface area contributed by atoms with Gasteiger partial charge in [0.2, 0.25) is 0 Å². The Labute approximate surface area is 77.8 Å². The number of benzene rings is 1. The lowest BCUT2D eigenvalue weighted by Gasteiger charge is -2.11. The van der Waals surface area contributed by atoms with Crippen LogP contribution in [0.15, 0.2) is 18.2 Å². The van der Waals surface area contributed by atoms with Gasteiger partial charge in [0.05, 0.1) is 0 Å². The van der Waals surface area contributed by atoms with Crippen LogP contribution in [0, 0.1) is 6.92 Å². The summed E-state index contributed by atoms with van der Waals surface area (Å²) in [5.41, 5.74) is 7.45. The van der Waals surface area contributed by atoms with Crippen LogP contribution in [0.2, 0.25) is 0 Å². The predicted octanol–water partition coefficient (Wildman–Crippen LogP) is 1.08. The summed E-state index contributed by atoms with van der Waals surface area (Å²) in [7, 11) is 0. The van der Waals surface area contributed by atoms with E-state index in [9.17, 15) is 5.11 Å². The van der Waals surface area contributed by atoms with Gasteiger partial charge in [0, 0.05) is 12.6 Å². The molecule has 0 saturated heterocycles. The number of hydrogen-bond donors (Lipinski definition) is 3. The standard InChI is InChI=1S/C10H15NO2/c1-7-2-3-8(6-10(7)13)9(11)4-5-12/h2-3,6,9,12-13H,4-5,11H2,1H3/t9-/m1/s1. The maximum atomic E-state index is 9.40. The molecule has 0 radical (unpaired) electrons. The zero-order valence-electron chi connectivity index (χ0n) is 7.70. The average molecular weight is 181 g/mol. The molecule has 0 aliphatic rings. The summed E-state index contributed by atoms with van der Waals surface area (Å²) >= 11 is 0. The van der Waals surface area contributed by atoms with Crippen molar-refractivity contribution in [2.75, 3.05) is 6.61 Å². The Hall–Kier alpha value is -1.06. The highest BCUT2D eigenvalue weighted by atomic mass is 16.3. The van der Waals surface area contributed by atoms with Crippen LogP contribution in [0.4, 0.5) is 0 Å². The van der Waals surface area contributed by atoms with Crippen molar-refractivity contribution >= 4 is 0 Å². The molecule has 0 bridgehead atoms. The summed E-state index contributed by atoms with van der Waals surface area (Å²) in [6, 6.07) is 5.14. The first-order valence-electron chi connectivity index (χ1n) is 4.31. The molecule has 0 saturated carbocycles. The molecule has 1 rings (SSSR count). The van der Waals surface area contributed by atoms with Crippen molar-refractivity contribution in [1.29, 1.82) is 0 Å². The molecule has 1 aromatic rings. The molecule has 0 aliphatic heterocycles. The van der Waals surface area contributed by atoms with Gasteiger partial charge in [-0.05, 0) is 30.5 Å². The fourth-order valence-electron chi connectivity index (χ4n) is 1.16. The van der Waals surface area contributed by atoms with E-state index in [2.05, 4.69) is 0 Å². The number of hydrogen-bond acceptors (Lipinski definition) is 3. The molecule has 0 aliphatic carbocycles. The molecule has 0 aromatic heterocycles. The summed E-state index contributed by atoms with van der Waals surface area (Å²) in [5, 5.41) is 18.1. The molecule has 1 atom stereocenters. The highest BCUT2D eigenvalue weighted by Crippen LogP contribution is 2.22. The first kappa shape index (κ1) is 10.0. The van der Waals surface area contributed by atoms with Crippen LogP contribution in [-0.2, 0) is 0 Å². The highest BCUT2D eigenvalue weighted by Gasteiger charge is 2.06. The SMILES string of the molecule is Cc1ccc([C@H](N)CCO)cc1O. The van der Waals surface area contributed by atoms with Gasteiger partial charge in [-0.25, -0.2) is 0 Å². The van der Waals surface area contributed by atoms with Gasteiger partial charge < -0.3 is 15.9 Å². The molecule has 0 amide bonds.